The summed E-state index contributed by atoms with van der Waals surface area (Å²) in [6.45, 7) is 9.23. The molecule has 0 saturated carbocycles. The van der Waals surface area contributed by atoms with E-state index in [1.54, 1.807) is 6.07 Å². The van der Waals surface area contributed by atoms with Crippen molar-refractivity contribution in [2.45, 2.75) is 39.7 Å². The summed E-state index contributed by atoms with van der Waals surface area (Å²) in [4.78, 5) is 20.9. The molecule has 1 aliphatic rings. The quantitative estimate of drug-likeness (QED) is 0.841. The van der Waals surface area contributed by atoms with Gasteiger partial charge in [0.2, 0.25) is 0 Å². The van der Waals surface area contributed by atoms with E-state index in [0.717, 1.165) is 25.5 Å². The van der Waals surface area contributed by atoms with Gasteiger partial charge in [-0.3, -0.25) is 4.79 Å². The van der Waals surface area contributed by atoms with E-state index < -0.39 is 0 Å². The first-order valence-electron chi connectivity index (χ1n) is 7.11. The Hall–Kier alpha value is -1.36. The molecule has 1 saturated heterocycles. The van der Waals surface area contributed by atoms with Gasteiger partial charge in [-0.15, -0.1) is 0 Å². The Bertz CT molecular complexity index is 469. The van der Waals surface area contributed by atoms with Gasteiger partial charge in [-0.2, -0.15) is 0 Å². The minimum absolute atomic E-state index is 0.0664. The van der Waals surface area contributed by atoms with Crippen molar-refractivity contribution in [3.05, 3.63) is 22.2 Å². The van der Waals surface area contributed by atoms with E-state index in [1.807, 2.05) is 6.92 Å². The average Bonchev–Trinajstić information content (AvgIpc) is 2.75. The number of nitrogens with one attached hydrogen (secondary N) is 2. The molecule has 1 aliphatic heterocycles. The highest BCUT2D eigenvalue weighted by Gasteiger charge is 2.25. The molecule has 0 radical (unpaired) electrons. The van der Waals surface area contributed by atoms with Gasteiger partial charge in [-0.05, 0) is 32.2 Å². The van der Waals surface area contributed by atoms with Crippen LogP contribution in [0.15, 0.2) is 10.9 Å². The fourth-order valence-corrected chi connectivity index (χ4v) is 2.60. The number of hydrogen-bond acceptors (Lipinski definition) is 4. The lowest BCUT2D eigenvalue weighted by Gasteiger charge is -2.26. The van der Waals surface area contributed by atoms with Crippen LogP contribution in [0.3, 0.4) is 0 Å². The van der Waals surface area contributed by atoms with Gasteiger partial charge in [0.15, 0.2) is 0 Å². The largest absolute Gasteiger partial charge is 0.352 e. The normalized spacial score (nSPS) is 19.4. The highest BCUT2D eigenvalue weighted by Crippen LogP contribution is 2.22. The molecular weight excluding hydrogens is 240 g/mol. The van der Waals surface area contributed by atoms with Crippen molar-refractivity contribution < 1.29 is 0 Å². The first kappa shape index (κ1) is 14.1. The summed E-state index contributed by atoms with van der Waals surface area (Å²) in [7, 11) is 0. The molecule has 1 unspecified atom stereocenters. The fraction of sp³-hybridized carbons (Fsp3) is 0.714. The molecule has 0 bridgehead atoms. The van der Waals surface area contributed by atoms with Crippen molar-refractivity contribution in [1.29, 1.82) is 0 Å². The van der Waals surface area contributed by atoms with Crippen LogP contribution in [-0.4, -0.2) is 35.6 Å². The summed E-state index contributed by atoms with van der Waals surface area (Å²) in [5.74, 6) is 2.16. The maximum absolute atomic E-state index is 11.5. The van der Waals surface area contributed by atoms with Crippen molar-refractivity contribution in [2.75, 3.05) is 24.5 Å². The molecule has 5 nitrogen and oxygen atoms in total. The first-order chi connectivity index (χ1) is 9.06. The molecule has 19 heavy (non-hydrogen) atoms. The molecule has 2 heterocycles. The molecule has 1 aromatic heterocycles. The smallest absolute Gasteiger partial charge is 0.252 e. The summed E-state index contributed by atoms with van der Waals surface area (Å²) < 4.78 is 0. The lowest BCUT2D eigenvalue weighted by atomic mass is 10.2. The third-order valence-electron chi connectivity index (χ3n) is 3.45. The Morgan fingerprint density at radius 1 is 1.58 bits per heavy atom. The van der Waals surface area contributed by atoms with E-state index >= 15 is 0 Å². The van der Waals surface area contributed by atoms with E-state index in [0.29, 0.717) is 17.8 Å². The van der Waals surface area contributed by atoms with Crippen LogP contribution in [0, 0.1) is 12.8 Å². The minimum Gasteiger partial charge on any atom is -0.352 e. The topological polar surface area (TPSA) is 61.0 Å². The van der Waals surface area contributed by atoms with Crippen LogP contribution in [0.1, 0.15) is 32.5 Å². The third kappa shape index (κ3) is 3.80. The van der Waals surface area contributed by atoms with E-state index in [1.165, 1.54) is 12.8 Å². The summed E-state index contributed by atoms with van der Waals surface area (Å²) in [5.41, 5.74) is -0.0664. The monoisotopic (exact) mass is 264 g/mol. The van der Waals surface area contributed by atoms with E-state index in [2.05, 4.69) is 34.0 Å². The van der Waals surface area contributed by atoms with E-state index in [-0.39, 0.29) is 5.56 Å². The standard InChI is InChI=1S/C14H24N4O/c1-10(2)8-15-9-12-5-4-6-18(12)13-7-14(19)17-11(3)16-13/h7,10,12,15H,4-6,8-9H2,1-3H3,(H,16,17,19). The van der Waals surface area contributed by atoms with Crippen LogP contribution in [0.25, 0.3) is 0 Å². The fourth-order valence-electron chi connectivity index (χ4n) is 2.60. The molecule has 0 spiro atoms. The van der Waals surface area contributed by atoms with Gasteiger partial charge < -0.3 is 15.2 Å². The molecular formula is C14H24N4O. The molecule has 1 aromatic rings. The maximum atomic E-state index is 11.5. The maximum Gasteiger partial charge on any atom is 0.252 e. The third-order valence-corrected chi connectivity index (χ3v) is 3.45. The lowest BCUT2D eigenvalue weighted by Crippen LogP contribution is -2.40. The van der Waals surface area contributed by atoms with Gasteiger partial charge in [0.25, 0.3) is 5.56 Å². The Morgan fingerprint density at radius 2 is 2.37 bits per heavy atom. The highest BCUT2D eigenvalue weighted by atomic mass is 16.1. The van der Waals surface area contributed by atoms with Gasteiger partial charge in [-0.25, -0.2) is 4.98 Å². The zero-order valence-electron chi connectivity index (χ0n) is 12.1. The van der Waals surface area contributed by atoms with Crippen LogP contribution in [-0.2, 0) is 0 Å². The zero-order chi connectivity index (χ0) is 13.8. The molecule has 0 amide bonds. The average molecular weight is 264 g/mol. The van der Waals surface area contributed by atoms with Gasteiger partial charge >= 0.3 is 0 Å². The molecule has 106 valence electrons. The number of aromatic nitrogens is 2. The van der Waals surface area contributed by atoms with Crippen LogP contribution in [0.2, 0.25) is 0 Å². The number of rotatable bonds is 5. The number of H-pyrrole nitrogens is 1. The van der Waals surface area contributed by atoms with Gasteiger partial charge in [0.05, 0.1) is 0 Å². The second-order valence-electron chi connectivity index (χ2n) is 5.73. The Balaban J connectivity index is 2.03. The summed E-state index contributed by atoms with van der Waals surface area (Å²) in [6.07, 6.45) is 2.33. The Morgan fingerprint density at radius 3 is 3.05 bits per heavy atom. The molecule has 2 rings (SSSR count). The molecule has 2 N–H and O–H groups in total. The number of aryl methyl sites for hydroxylation is 1. The Kier molecular flexibility index (Phi) is 4.58. The van der Waals surface area contributed by atoms with Crippen molar-refractivity contribution in [3.63, 3.8) is 0 Å². The van der Waals surface area contributed by atoms with E-state index in [4.69, 9.17) is 0 Å². The van der Waals surface area contributed by atoms with Crippen molar-refractivity contribution >= 4 is 5.82 Å². The lowest BCUT2D eigenvalue weighted by molar-refractivity contribution is 0.511. The summed E-state index contributed by atoms with van der Waals surface area (Å²) >= 11 is 0. The predicted octanol–water partition coefficient (Wildman–Crippen LogP) is 1.29. The number of anilines is 1. The number of aromatic amines is 1. The van der Waals surface area contributed by atoms with Crippen LogP contribution >= 0.6 is 0 Å². The number of hydrogen-bond donors (Lipinski definition) is 2. The Labute approximate surface area is 114 Å². The van der Waals surface area contributed by atoms with E-state index in [9.17, 15) is 4.79 Å². The molecule has 0 aromatic carbocycles. The first-order valence-corrected chi connectivity index (χ1v) is 7.11. The van der Waals surface area contributed by atoms with Crippen LogP contribution < -0.4 is 15.8 Å². The molecule has 5 heteroatoms. The second kappa shape index (κ2) is 6.19. The van der Waals surface area contributed by atoms with Gasteiger partial charge in [-0.1, -0.05) is 13.8 Å². The zero-order valence-corrected chi connectivity index (χ0v) is 12.1. The SMILES string of the molecule is Cc1nc(N2CCCC2CNCC(C)C)cc(=O)[nH]1. The molecule has 1 atom stereocenters. The van der Waals surface area contributed by atoms with Crippen LogP contribution in [0.5, 0.6) is 0 Å². The van der Waals surface area contributed by atoms with Gasteiger partial charge in [0, 0.05) is 25.2 Å². The number of nitrogens with zero attached hydrogens (tertiary/aromatic N) is 2. The van der Waals surface area contributed by atoms with Crippen molar-refractivity contribution in [3.8, 4) is 0 Å². The molecule has 1 fully saturated rings. The summed E-state index contributed by atoms with van der Waals surface area (Å²) in [6, 6.07) is 2.06. The molecule has 0 aliphatic carbocycles. The highest BCUT2D eigenvalue weighted by molar-refractivity contribution is 5.40. The van der Waals surface area contributed by atoms with Crippen LogP contribution in [0.4, 0.5) is 5.82 Å². The summed E-state index contributed by atoms with van der Waals surface area (Å²) in [5, 5.41) is 3.50. The second-order valence-corrected chi connectivity index (χ2v) is 5.73. The predicted molar refractivity (Wildman–Crippen MR) is 77.7 cm³/mol. The van der Waals surface area contributed by atoms with Crippen molar-refractivity contribution in [1.82, 2.24) is 15.3 Å². The van der Waals surface area contributed by atoms with Crippen molar-refractivity contribution in [2.24, 2.45) is 5.92 Å². The van der Waals surface area contributed by atoms with Gasteiger partial charge in [0.1, 0.15) is 11.6 Å². The minimum atomic E-state index is -0.0664.